The van der Waals surface area contributed by atoms with Crippen LogP contribution >= 0.6 is 15.9 Å². The number of carbonyl (C=O) groups is 2. The van der Waals surface area contributed by atoms with Crippen molar-refractivity contribution in [1.29, 1.82) is 0 Å². The summed E-state index contributed by atoms with van der Waals surface area (Å²) in [6, 6.07) is 9.09. The van der Waals surface area contributed by atoms with Gasteiger partial charge in [0.1, 0.15) is 5.75 Å². The van der Waals surface area contributed by atoms with Crippen molar-refractivity contribution in [3.63, 3.8) is 0 Å². The van der Waals surface area contributed by atoms with Crippen LogP contribution in [-0.4, -0.2) is 22.1 Å². The van der Waals surface area contributed by atoms with E-state index in [4.69, 9.17) is 5.11 Å². The Labute approximate surface area is 129 Å². The van der Waals surface area contributed by atoms with Crippen LogP contribution < -0.4 is 5.32 Å². The fraction of sp³-hybridized carbons (Fsp3) is 0.0667. The van der Waals surface area contributed by atoms with Crippen molar-refractivity contribution in [3.8, 4) is 5.75 Å². The van der Waals surface area contributed by atoms with Gasteiger partial charge in [0.25, 0.3) is 5.91 Å². The number of phenolic OH excluding ortho intramolecular Hbond substituents is 1. The average Bonchev–Trinajstić information content (AvgIpc) is 2.43. The Balaban J connectivity index is 2.29. The quantitative estimate of drug-likeness (QED) is 0.792. The maximum atomic E-state index is 12.1. The Hall–Kier alpha value is -2.34. The third kappa shape index (κ3) is 3.41. The lowest BCUT2D eigenvalue weighted by atomic mass is 10.1. The number of carbonyl (C=O) groups excluding carboxylic acids is 1. The third-order valence-corrected chi connectivity index (χ3v) is 3.42. The molecule has 108 valence electrons. The van der Waals surface area contributed by atoms with Crippen LogP contribution in [0.25, 0.3) is 0 Å². The Morgan fingerprint density at radius 3 is 2.48 bits per heavy atom. The lowest BCUT2D eigenvalue weighted by Gasteiger charge is -2.09. The van der Waals surface area contributed by atoms with Crippen molar-refractivity contribution < 1.29 is 19.8 Å². The summed E-state index contributed by atoms with van der Waals surface area (Å²) in [4.78, 5) is 23.2. The summed E-state index contributed by atoms with van der Waals surface area (Å²) < 4.78 is 0.653. The summed E-state index contributed by atoms with van der Waals surface area (Å²) >= 11 is 3.22. The van der Waals surface area contributed by atoms with Gasteiger partial charge in [-0.1, -0.05) is 22.0 Å². The van der Waals surface area contributed by atoms with Gasteiger partial charge in [-0.3, -0.25) is 4.79 Å². The molecular formula is C15H12BrNO4. The Morgan fingerprint density at radius 2 is 1.81 bits per heavy atom. The van der Waals surface area contributed by atoms with E-state index < -0.39 is 11.9 Å². The van der Waals surface area contributed by atoms with Crippen LogP contribution in [0.1, 0.15) is 26.3 Å². The van der Waals surface area contributed by atoms with Crippen LogP contribution in [0, 0.1) is 6.92 Å². The summed E-state index contributed by atoms with van der Waals surface area (Å²) in [5, 5.41) is 21.3. The zero-order chi connectivity index (χ0) is 15.6. The summed E-state index contributed by atoms with van der Waals surface area (Å²) in [6.45, 7) is 1.68. The van der Waals surface area contributed by atoms with E-state index >= 15 is 0 Å². The fourth-order valence-corrected chi connectivity index (χ4v) is 2.18. The molecule has 3 N–H and O–H groups in total. The van der Waals surface area contributed by atoms with Gasteiger partial charge in [0.15, 0.2) is 0 Å². The molecule has 0 fully saturated rings. The van der Waals surface area contributed by atoms with Gasteiger partial charge in [0, 0.05) is 10.2 Å². The molecular weight excluding hydrogens is 338 g/mol. The SMILES string of the molecule is Cc1ccc(NC(=O)c2cc(Br)ccc2O)cc1C(=O)O. The number of nitrogens with one attached hydrogen (secondary N) is 1. The number of carboxylic acids is 1. The van der Waals surface area contributed by atoms with Gasteiger partial charge in [-0.05, 0) is 42.8 Å². The van der Waals surface area contributed by atoms with Gasteiger partial charge >= 0.3 is 5.97 Å². The van der Waals surface area contributed by atoms with Gasteiger partial charge in [0.05, 0.1) is 11.1 Å². The molecule has 0 saturated carbocycles. The fourth-order valence-electron chi connectivity index (χ4n) is 1.82. The highest BCUT2D eigenvalue weighted by atomic mass is 79.9. The van der Waals surface area contributed by atoms with Crippen molar-refractivity contribution in [2.24, 2.45) is 0 Å². The topological polar surface area (TPSA) is 86.6 Å². The molecule has 6 heteroatoms. The Bertz CT molecular complexity index is 728. The van der Waals surface area contributed by atoms with E-state index in [2.05, 4.69) is 21.2 Å². The van der Waals surface area contributed by atoms with E-state index in [0.717, 1.165) is 0 Å². The number of phenols is 1. The van der Waals surface area contributed by atoms with Crippen LogP contribution in [0.15, 0.2) is 40.9 Å². The average molecular weight is 350 g/mol. The molecule has 5 nitrogen and oxygen atoms in total. The predicted molar refractivity (Wildman–Crippen MR) is 81.9 cm³/mol. The first kappa shape index (κ1) is 15.1. The Kier molecular flexibility index (Phi) is 4.28. The Morgan fingerprint density at radius 1 is 1.10 bits per heavy atom. The second-order valence-corrected chi connectivity index (χ2v) is 5.37. The molecule has 21 heavy (non-hydrogen) atoms. The lowest BCUT2D eigenvalue weighted by molar-refractivity contribution is 0.0695. The standard InChI is InChI=1S/C15H12BrNO4/c1-8-2-4-10(7-11(8)15(20)21)17-14(19)12-6-9(16)3-5-13(12)18/h2-7,18H,1H3,(H,17,19)(H,20,21). The number of hydrogen-bond donors (Lipinski definition) is 3. The first-order chi connectivity index (χ1) is 9.88. The minimum atomic E-state index is -1.06. The molecule has 2 aromatic rings. The van der Waals surface area contributed by atoms with Gasteiger partial charge in [0.2, 0.25) is 0 Å². The van der Waals surface area contributed by atoms with Crippen molar-refractivity contribution in [2.45, 2.75) is 6.92 Å². The smallest absolute Gasteiger partial charge is 0.336 e. The predicted octanol–water partition coefficient (Wildman–Crippen LogP) is 3.41. The molecule has 0 aliphatic rings. The minimum Gasteiger partial charge on any atom is -0.507 e. The summed E-state index contributed by atoms with van der Waals surface area (Å²) in [7, 11) is 0. The first-order valence-electron chi connectivity index (χ1n) is 6.02. The zero-order valence-corrected chi connectivity index (χ0v) is 12.6. The number of aromatic carboxylic acids is 1. The number of anilines is 1. The van der Waals surface area contributed by atoms with E-state index in [9.17, 15) is 14.7 Å². The minimum absolute atomic E-state index is 0.0989. The van der Waals surface area contributed by atoms with E-state index in [1.807, 2.05) is 0 Å². The molecule has 0 bridgehead atoms. The highest BCUT2D eigenvalue weighted by molar-refractivity contribution is 9.10. The molecule has 0 atom stereocenters. The normalized spacial score (nSPS) is 10.2. The zero-order valence-electron chi connectivity index (χ0n) is 11.1. The van der Waals surface area contributed by atoms with Crippen molar-refractivity contribution in [1.82, 2.24) is 0 Å². The molecule has 0 radical (unpaired) electrons. The molecule has 0 spiro atoms. The summed E-state index contributed by atoms with van der Waals surface area (Å²) in [6.07, 6.45) is 0. The maximum absolute atomic E-state index is 12.1. The number of amides is 1. The van der Waals surface area contributed by atoms with Crippen LogP contribution in [0.5, 0.6) is 5.75 Å². The molecule has 0 aliphatic heterocycles. The van der Waals surface area contributed by atoms with Gasteiger partial charge < -0.3 is 15.5 Å². The molecule has 0 saturated heterocycles. The van der Waals surface area contributed by atoms with Crippen molar-refractivity contribution in [3.05, 3.63) is 57.6 Å². The molecule has 2 rings (SSSR count). The van der Waals surface area contributed by atoms with Crippen LogP contribution in [0.3, 0.4) is 0 Å². The molecule has 0 aromatic heterocycles. The van der Waals surface area contributed by atoms with Gasteiger partial charge in [-0.25, -0.2) is 4.79 Å². The highest BCUT2D eigenvalue weighted by Gasteiger charge is 2.14. The van der Waals surface area contributed by atoms with E-state index in [1.54, 1.807) is 25.1 Å². The summed E-state index contributed by atoms with van der Waals surface area (Å²) in [5.74, 6) is -1.73. The maximum Gasteiger partial charge on any atom is 0.336 e. The third-order valence-electron chi connectivity index (χ3n) is 2.93. The molecule has 0 heterocycles. The van der Waals surface area contributed by atoms with Gasteiger partial charge in [-0.15, -0.1) is 0 Å². The van der Waals surface area contributed by atoms with E-state index in [0.29, 0.717) is 15.7 Å². The number of benzene rings is 2. The van der Waals surface area contributed by atoms with Crippen LogP contribution in [0.4, 0.5) is 5.69 Å². The lowest BCUT2D eigenvalue weighted by Crippen LogP contribution is -2.13. The molecule has 1 amide bonds. The number of aryl methyl sites for hydroxylation is 1. The van der Waals surface area contributed by atoms with Crippen LogP contribution in [0.2, 0.25) is 0 Å². The second-order valence-electron chi connectivity index (χ2n) is 4.45. The van der Waals surface area contributed by atoms with Gasteiger partial charge in [-0.2, -0.15) is 0 Å². The largest absolute Gasteiger partial charge is 0.507 e. The molecule has 0 aliphatic carbocycles. The second kappa shape index (κ2) is 5.97. The van der Waals surface area contributed by atoms with Crippen molar-refractivity contribution in [2.75, 3.05) is 5.32 Å². The number of carboxylic acid groups (broad SMARTS) is 1. The van der Waals surface area contributed by atoms with Crippen molar-refractivity contribution >= 4 is 33.5 Å². The molecule has 2 aromatic carbocycles. The number of rotatable bonds is 3. The number of halogens is 1. The highest BCUT2D eigenvalue weighted by Crippen LogP contribution is 2.23. The molecule has 0 unspecified atom stereocenters. The van der Waals surface area contributed by atoms with E-state index in [1.165, 1.54) is 18.2 Å². The number of aromatic hydroxyl groups is 1. The number of hydrogen-bond acceptors (Lipinski definition) is 3. The summed E-state index contributed by atoms with van der Waals surface area (Å²) in [5.41, 5.74) is 1.17. The van der Waals surface area contributed by atoms with Crippen LogP contribution in [-0.2, 0) is 0 Å². The first-order valence-corrected chi connectivity index (χ1v) is 6.81. The monoisotopic (exact) mass is 349 g/mol. The van der Waals surface area contributed by atoms with E-state index in [-0.39, 0.29) is 16.9 Å².